The Morgan fingerprint density at radius 2 is 1.13 bits per heavy atom. The summed E-state index contributed by atoms with van der Waals surface area (Å²) in [6.07, 6.45) is 13.8. The highest BCUT2D eigenvalue weighted by Crippen LogP contribution is 2.52. The quantitative estimate of drug-likeness (QED) is 0.185. The number of allylic oxidation sites excluding steroid dienone is 5. The van der Waals surface area contributed by atoms with E-state index in [4.69, 9.17) is 0 Å². The lowest BCUT2D eigenvalue weighted by atomic mass is 9.76. The molecule has 3 atom stereocenters. The summed E-state index contributed by atoms with van der Waals surface area (Å²) in [4.78, 5) is 0. The van der Waals surface area contributed by atoms with Gasteiger partial charge in [0.1, 0.15) is 0 Å². The molecular weight excluding hydrogens is 565 g/mol. The first-order valence-electron chi connectivity index (χ1n) is 17.1. The topological polar surface area (TPSA) is 0 Å². The SMILES string of the molecule is CC1c2ccccc2-c2ccc(-c3ccc4c(c3)C(C)(C)c3cc(-c5ccc6ccc7c(c6c5)C=CC5C=CC=CC75)ccc3-4)cc21. The van der Waals surface area contributed by atoms with Crippen molar-refractivity contribution < 1.29 is 0 Å². The molecule has 0 N–H and O–H groups in total. The minimum absolute atomic E-state index is 0.0917. The van der Waals surface area contributed by atoms with E-state index in [1.54, 1.807) is 0 Å². The Morgan fingerprint density at radius 1 is 0.511 bits per heavy atom. The van der Waals surface area contributed by atoms with E-state index in [1.807, 2.05) is 0 Å². The summed E-state index contributed by atoms with van der Waals surface area (Å²) < 4.78 is 0. The molecule has 0 amide bonds. The summed E-state index contributed by atoms with van der Waals surface area (Å²) in [5.41, 5.74) is 19.1. The van der Waals surface area contributed by atoms with Gasteiger partial charge in [-0.25, -0.2) is 0 Å². The Morgan fingerprint density at radius 3 is 1.91 bits per heavy atom. The molecule has 0 spiro atoms. The predicted octanol–water partition coefficient (Wildman–Crippen LogP) is 12.5. The van der Waals surface area contributed by atoms with E-state index in [9.17, 15) is 0 Å². The second-order valence-electron chi connectivity index (χ2n) is 14.5. The van der Waals surface area contributed by atoms with Crippen LogP contribution in [0.4, 0.5) is 0 Å². The molecule has 0 aliphatic heterocycles. The molecule has 6 aromatic carbocycles. The third kappa shape index (κ3) is 3.82. The molecule has 0 aromatic heterocycles. The second kappa shape index (κ2) is 9.66. The fourth-order valence-corrected chi connectivity index (χ4v) is 9.07. The molecule has 0 saturated carbocycles. The molecule has 0 nitrogen and oxygen atoms in total. The predicted molar refractivity (Wildman–Crippen MR) is 199 cm³/mol. The summed E-state index contributed by atoms with van der Waals surface area (Å²) in [5.74, 6) is 1.30. The van der Waals surface area contributed by atoms with E-state index in [2.05, 4.69) is 166 Å². The van der Waals surface area contributed by atoms with Crippen molar-refractivity contribution in [2.45, 2.75) is 38.0 Å². The van der Waals surface area contributed by atoms with Crippen LogP contribution in [0.25, 0.3) is 61.4 Å². The minimum atomic E-state index is -0.0917. The van der Waals surface area contributed by atoms with Gasteiger partial charge in [-0.3, -0.25) is 0 Å². The van der Waals surface area contributed by atoms with E-state index in [0.29, 0.717) is 17.8 Å². The number of fused-ring (bicyclic) bond motifs is 11. The number of hydrogen-bond donors (Lipinski definition) is 0. The molecule has 224 valence electrons. The molecule has 4 aliphatic carbocycles. The van der Waals surface area contributed by atoms with Crippen LogP contribution in [-0.4, -0.2) is 0 Å². The monoisotopic (exact) mass is 600 g/mol. The lowest BCUT2D eigenvalue weighted by Crippen LogP contribution is -2.15. The number of benzene rings is 6. The Balaban J connectivity index is 1.02. The lowest BCUT2D eigenvalue weighted by molar-refractivity contribution is 0.661. The first-order valence-corrected chi connectivity index (χ1v) is 17.1. The second-order valence-corrected chi connectivity index (χ2v) is 14.5. The van der Waals surface area contributed by atoms with Crippen LogP contribution >= 0.6 is 0 Å². The fourth-order valence-electron chi connectivity index (χ4n) is 9.07. The van der Waals surface area contributed by atoms with Crippen molar-refractivity contribution in [2.24, 2.45) is 5.92 Å². The third-order valence-electron chi connectivity index (χ3n) is 11.7. The zero-order valence-corrected chi connectivity index (χ0v) is 27.1. The van der Waals surface area contributed by atoms with Crippen molar-refractivity contribution in [2.75, 3.05) is 0 Å². The van der Waals surface area contributed by atoms with Crippen LogP contribution < -0.4 is 0 Å². The standard InChI is InChI=1S/C47H36/c1-28-35-9-6-7-11-37(35)39-21-16-32(24-43(28)39)34-18-23-42-41-22-17-33(26-45(41)47(2,3)46(42)27-34)31-13-12-30-15-19-38-36-10-5-4-8-29(36)14-20-40(38)44(30)25-31/h4-29,36H,1-3H3. The zero-order chi connectivity index (χ0) is 31.4. The third-order valence-corrected chi connectivity index (χ3v) is 11.7. The Hall–Kier alpha value is -5.20. The average Bonchev–Trinajstić information content (AvgIpc) is 3.53. The summed E-state index contributed by atoms with van der Waals surface area (Å²) in [7, 11) is 0. The van der Waals surface area contributed by atoms with E-state index in [0.717, 1.165) is 0 Å². The van der Waals surface area contributed by atoms with Gasteiger partial charge in [-0.05, 0) is 113 Å². The summed E-state index contributed by atoms with van der Waals surface area (Å²) in [6.45, 7) is 7.14. The van der Waals surface area contributed by atoms with Crippen molar-refractivity contribution in [1.82, 2.24) is 0 Å². The Labute approximate surface area is 277 Å². The van der Waals surface area contributed by atoms with Gasteiger partial charge < -0.3 is 0 Å². The molecule has 0 heteroatoms. The number of hydrogen-bond acceptors (Lipinski definition) is 0. The van der Waals surface area contributed by atoms with E-state index < -0.39 is 0 Å². The van der Waals surface area contributed by atoms with Gasteiger partial charge in [0.15, 0.2) is 0 Å². The maximum Gasteiger partial charge on any atom is 0.0159 e. The van der Waals surface area contributed by atoms with Gasteiger partial charge in [-0.15, -0.1) is 0 Å². The van der Waals surface area contributed by atoms with Crippen molar-refractivity contribution >= 4 is 16.8 Å². The Bertz CT molecular complexity index is 2410. The van der Waals surface area contributed by atoms with Gasteiger partial charge in [0.25, 0.3) is 0 Å². The molecule has 0 bridgehead atoms. The van der Waals surface area contributed by atoms with Gasteiger partial charge in [0.2, 0.25) is 0 Å². The van der Waals surface area contributed by atoms with Gasteiger partial charge in [0, 0.05) is 23.2 Å². The van der Waals surface area contributed by atoms with Gasteiger partial charge in [-0.2, -0.15) is 0 Å². The molecule has 0 heterocycles. The first kappa shape index (κ1) is 27.0. The smallest absolute Gasteiger partial charge is 0.0159 e. The van der Waals surface area contributed by atoms with E-state index in [1.165, 1.54) is 88.7 Å². The average molecular weight is 601 g/mol. The van der Waals surface area contributed by atoms with Crippen LogP contribution in [0.3, 0.4) is 0 Å². The fraction of sp³-hybridized carbons (Fsp3) is 0.149. The zero-order valence-electron chi connectivity index (χ0n) is 27.1. The molecule has 4 aliphatic rings. The van der Waals surface area contributed by atoms with Crippen LogP contribution in [0.2, 0.25) is 0 Å². The normalized spacial score (nSPS) is 20.4. The van der Waals surface area contributed by atoms with E-state index in [-0.39, 0.29) is 5.41 Å². The van der Waals surface area contributed by atoms with Crippen molar-refractivity contribution in [3.05, 3.63) is 173 Å². The molecule has 0 fully saturated rings. The molecule has 0 saturated heterocycles. The molecule has 47 heavy (non-hydrogen) atoms. The summed E-state index contributed by atoms with van der Waals surface area (Å²) in [5, 5.41) is 2.65. The maximum atomic E-state index is 2.46. The molecule has 0 radical (unpaired) electrons. The van der Waals surface area contributed by atoms with Crippen molar-refractivity contribution in [3.63, 3.8) is 0 Å². The summed E-state index contributed by atoms with van der Waals surface area (Å²) in [6, 6.07) is 41.9. The van der Waals surface area contributed by atoms with Crippen molar-refractivity contribution in [3.8, 4) is 44.5 Å². The Kier molecular flexibility index (Phi) is 5.54. The van der Waals surface area contributed by atoms with Crippen molar-refractivity contribution in [1.29, 1.82) is 0 Å². The minimum Gasteiger partial charge on any atom is -0.0767 e. The van der Waals surface area contributed by atoms with Gasteiger partial charge >= 0.3 is 0 Å². The molecular formula is C47H36. The highest BCUT2D eigenvalue weighted by molar-refractivity contribution is 5.96. The van der Waals surface area contributed by atoms with Crippen LogP contribution in [0.15, 0.2) is 140 Å². The van der Waals surface area contributed by atoms with Gasteiger partial charge in [-0.1, -0.05) is 142 Å². The van der Waals surface area contributed by atoms with Gasteiger partial charge in [0.05, 0.1) is 0 Å². The van der Waals surface area contributed by atoms with Crippen LogP contribution in [0, 0.1) is 5.92 Å². The molecule has 6 aromatic rings. The summed E-state index contributed by atoms with van der Waals surface area (Å²) >= 11 is 0. The number of rotatable bonds is 2. The molecule has 3 unspecified atom stereocenters. The van der Waals surface area contributed by atoms with Crippen LogP contribution in [-0.2, 0) is 5.41 Å². The largest absolute Gasteiger partial charge is 0.0767 e. The maximum absolute atomic E-state index is 2.46. The molecule has 10 rings (SSSR count). The van der Waals surface area contributed by atoms with E-state index >= 15 is 0 Å². The van der Waals surface area contributed by atoms with Crippen LogP contribution in [0.5, 0.6) is 0 Å². The highest BCUT2D eigenvalue weighted by Gasteiger charge is 2.36. The highest BCUT2D eigenvalue weighted by atomic mass is 14.4. The first-order chi connectivity index (χ1) is 23.0. The van der Waals surface area contributed by atoms with Crippen LogP contribution in [0.1, 0.15) is 66.0 Å². The lowest BCUT2D eigenvalue weighted by Gasteiger charge is -2.28.